The van der Waals surface area contributed by atoms with Crippen molar-refractivity contribution < 1.29 is 24.2 Å². The summed E-state index contributed by atoms with van der Waals surface area (Å²) in [5.41, 5.74) is 5.56. The van der Waals surface area contributed by atoms with Gasteiger partial charge in [-0.15, -0.1) is 0 Å². The first-order valence-electron chi connectivity index (χ1n) is 7.51. The number of hydrogen-bond acceptors (Lipinski definition) is 5. The molecule has 4 atom stereocenters. The summed E-state index contributed by atoms with van der Waals surface area (Å²) in [4.78, 5) is 36.1. The fourth-order valence-electron chi connectivity index (χ4n) is 3.62. The van der Waals surface area contributed by atoms with Crippen molar-refractivity contribution in [2.75, 3.05) is 0 Å². The van der Waals surface area contributed by atoms with E-state index < -0.39 is 41.3 Å². The SMILES string of the molecule is CCC(C(=O)O)C1(N)CC2c3ccccc3OC(=O)C2C(=O)N1. The van der Waals surface area contributed by atoms with Gasteiger partial charge >= 0.3 is 11.9 Å². The number of aliphatic carboxylic acids is 1. The Labute approximate surface area is 132 Å². The van der Waals surface area contributed by atoms with Crippen molar-refractivity contribution in [3.63, 3.8) is 0 Å². The van der Waals surface area contributed by atoms with Gasteiger partial charge in [-0.05, 0) is 24.5 Å². The van der Waals surface area contributed by atoms with Gasteiger partial charge in [0.2, 0.25) is 5.91 Å². The third kappa shape index (κ3) is 2.37. The summed E-state index contributed by atoms with van der Waals surface area (Å²) < 4.78 is 5.22. The van der Waals surface area contributed by atoms with E-state index in [1.807, 2.05) is 0 Å². The molecule has 0 aromatic heterocycles. The molecule has 2 aliphatic rings. The Morgan fingerprint density at radius 2 is 2.17 bits per heavy atom. The van der Waals surface area contributed by atoms with Gasteiger partial charge in [-0.25, -0.2) is 0 Å². The standard InChI is InChI=1S/C16H18N2O5/c1-2-10(14(20)21)16(17)7-9-8-5-3-4-6-11(8)23-15(22)12(9)13(19)18-16/h3-6,9-10,12H,2,7,17H2,1H3,(H,18,19)(H,20,21). The number of carboxylic acids is 1. The molecule has 0 radical (unpaired) electrons. The van der Waals surface area contributed by atoms with Crippen molar-refractivity contribution in [3.05, 3.63) is 29.8 Å². The topological polar surface area (TPSA) is 119 Å². The molecule has 1 aromatic carbocycles. The molecule has 2 heterocycles. The Hall–Kier alpha value is -2.41. The molecule has 0 spiro atoms. The molecule has 0 saturated carbocycles. The predicted molar refractivity (Wildman–Crippen MR) is 79.4 cm³/mol. The molecule has 7 heteroatoms. The Morgan fingerprint density at radius 1 is 1.48 bits per heavy atom. The monoisotopic (exact) mass is 318 g/mol. The number of piperidine rings is 1. The minimum Gasteiger partial charge on any atom is -0.481 e. The van der Waals surface area contributed by atoms with Crippen LogP contribution in [0.15, 0.2) is 24.3 Å². The molecule has 0 aliphatic carbocycles. The number of ether oxygens (including phenoxy) is 1. The lowest BCUT2D eigenvalue weighted by atomic mass is 9.70. The first kappa shape index (κ1) is 15.5. The van der Waals surface area contributed by atoms with Crippen LogP contribution in [0.2, 0.25) is 0 Å². The highest BCUT2D eigenvalue weighted by Crippen LogP contribution is 2.45. The van der Waals surface area contributed by atoms with E-state index in [1.165, 1.54) is 0 Å². The lowest BCUT2D eigenvalue weighted by Crippen LogP contribution is -2.69. The molecular weight excluding hydrogens is 300 g/mol. The van der Waals surface area contributed by atoms with Crippen LogP contribution in [0.25, 0.3) is 0 Å². The molecule has 4 N–H and O–H groups in total. The van der Waals surface area contributed by atoms with E-state index in [4.69, 9.17) is 10.5 Å². The van der Waals surface area contributed by atoms with Crippen LogP contribution in [0.4, 0.5) is 0 Å². The van der Waals surface area contributed by atoms with Crippen molar-refractivity contribution in [1.29, 1.82) is 0 Å². The van der Waals surface area contributed by atoms with Gasteiger partial charge in [0.15, 0.2) is 0 Å². The van der Waals surface area contributed by atoms with Gasteiger partial charge < -0.3 is 20.9 Å². The molecule has 122 valence electrons. The number of carbonyl (C=O) groups is 3. The number of fused-ring (bicyclic) bond motifs is 3. The van der Waals surface area contributed by atoms with Gasteiger partial charge in [0, 0.05) is 5.92 Å². The lowest BCUT2D eigenvalue weighted by molar-refractivity contribution is -0.154. The molecule has 3 rings (SSSR count). The van der Waals surface area contributed by atoms with Crippen LogP contribution < -0.4 is 15.8 Å². The number of rotatable bonds is 3. The second-order valence-electron chi connectivity index (χ2n) is 6.08. The number of esters is 1. The Kier molecular flexibility index (Phi) is 3.60. The second-order valence-corrected chi connectivity index (χ2v) is 6.08. The molecule has 1 fully saturated rings. The summed E-state index contributed by atoms with van der Waals surface area (Å²) in [6.45, 7) is 1.70. The first-order chi connectivity index (χ1) is 10.9. The van der Waals surface area contributed by atoms with E-state index in [2.05, 4.69) is 5.32 Å². The largest absolute Gasteiger partial charge is 0.481 e. The number of para-hydroxylation sites is 1. The van der Waals surface area contributed by atoms with E-state index in [0.717, 1.165) is 0 Å². The van der Waals surface area contributed by atoms with Crippen LogP contribution in [0, 0.1) is 11.8 Å². The molecule has 1 amide bonds. The molecule has 4 unspecified atom stereocenters. The van der Waals surface area contributed by atoms with Gasteiger partial charge in [-0.3, -0.25) is 14.4 Å². The number of carbonyl (C=O) groups excluding carboxylic acids is 2. The fraction of sp³-hybridized carbons (Fsp3) is 0.438. The number of carboxylic acid groups (broad SMARTS) is 1. The third-order valence-electron chi connectivity index (χ3n) is 4.71. The van der Waals surface area contributed by atoms with Gasteiger partial charge in [-0.2, -0.15) is 0 Å². The number of hydrogen-bond donors (Lipinski definition) is 3. The second kappa shape index (κ2) is 5.34. The zero-order valence-electron chi connectivity index (χ0n) is 12.6. The van der Waals surface area contributed by atoms with E-state index in [0.29, 0.717) is 11.3 Å². The summed E-state index contributed by atoms with van der Waals surface area (Å²) in [6.07, 6.45) is 0.440. The summed E-state index contributed by atoms with van der Waals surface area (Å²) in [5, 5.41) is 11.9. The molecule has 0 bridgehead atoms. The average Bonchev–Trinajstić information content (AvgIpc) is 2.46. The van der Waals surface area contributed by atoms with Crippen molar-refractivity contribution in [2.24, 2.45) is 17.6 Å². The van der Waals surface area contributed by atoms with Crippen LogP contribution >= 0.6 is 0 Å². The Morgan fingerprint density at radius 3 is 2.83 bits per heavy atom. The molecule has 1 aromatic rings. The molecule has 23 heavy (non-hydrogen) atoms. The maximum atomic E-state index is 12.4. The summed E-state index contributed by atoms with van der Waals surface area (Å²) in [7, 11) is 0. The zero-order chi connectivity index (χ0) is 16.8. The molecule has 1 saturated heterocycles. The fourth-order valence-corrected chi connectivity index (χ4v) is 3.62. The maximum absolute atomic E-state index is 12.4. The number of nitrogens with one attached hydrogen (secondary N) is 1. The van der Waals surface area contributed by atoms with Crippen molar-refractivity contribution in [1.82, 2.24) is 5.32 Å². The van der Waals surface area contributed by atoms with Crippen LogP contribution in [-0.2, 0) is 14.4 Å². The number of benzene rings is 1. The zero-order valence-corrected chi connectivity index (χ0v) is 12.6. The first-order valence-corrected chi connectivity index (χ1v) is 7.51. The van der Waals surface area contributed by atoms with Gasteiger partial charge in [-0.1, -0.05) is 25.1 Å². The summed E-state index contributed by atoms with van der Waals surface area (Å²) >= 11 is 0. The van der Waals surface area contributed by atoms with Crippen LogP contribution in [0.1, 0.15) is 31.2 Å². The highest BCUT2D eigenvalue weighted by atomic mass is 16.5. The third-order valence-corrected chi connectivity index (χ3v) is 4.71. The average molecular weight is 318 g/mol. The minimum atomic E-state index is -1.40. The normalized spacial score (nSPS) is 30.5. The van der Waals surface area contributed by atoms with Crippen molar-refractivity contribution >= 4 is 17.8 Å². The molecule has 7 nitrogen and oxygen atoms in total. The molecular formula is C16H18N2O5. The maximum Gasteiger partial charge on any atom is 0.324 e. The van der Waals surface area contributed by atoms with E-state index in [9.17, 15) is 19.5 Å². The number of nitrogens with two attached hydrogens (primary N) is 1. The quantitative estimate of drug-likeness (QED) is 0.426. The smallest absolute Gasteiger partial charge is 0.324 e. The molecule has 2 aliphatic heterocycles. The highest BCUT2D eigenvalue weighted by molar-refractivity contribution is 6.02. The van der Waals surface area contributed by atoms with E-state index in [-0.39, 0.29) is 12.8 Å². The van der Waals surface area contributed by atoms with Crippen LogP contribution in [0.5, 0.6) is 5.75 Å². The summed E-state index contributed by atoms with van der Waals surface area (Å²) in [5.74, 6) is -4.29. The van der Waals surface area contributed by atoms with Gasteiger partial charge in [0.05, 0.1) is 5.92 Å². The van der Waals surface area contributed by atoms with Crippen molar-refractivity contribution in [3.8, 4) is 5.75 Å². The predicted octanol–water partition coefficient (Wildman–Crippen LogP) is 0.591. The lowest BCUT2D eigenvalue weighted by Gasteiger charge is -2.46. The van der Waals surface area contributed by atoms with Gasteiger partial charge in [0.1, 0.15) is 17.3 Å². The van der Waals surface area contributed by atoms with Crippen LogP contribution in [-0.4, -0.2) is 28.6 Å². The van der Waals surface area contributed by atoms with Crippen molar-refractivity contribution in [2.45, 2.75) is 31.3 Å². The van der Waals surface area contributed by atoms with Gasteiger partial charge in [0.25, 0.3) is 0 Å². The highest BCUT2D eigenvalue weighted by Gasteiger charge is 2.54. The Bertz CT molecular complexity index is 689. The van der Waals surface area contributed by atoms with E-state index in [1.54, 1.807) is 31.2 Å². The minimum absolute atomic E-state index is 0.167. The number of amides is 1. The van der Waals surface area contributed by atoms with E-state index >= 15 is 0 Å². The summed E-state index contributed by atoms with van der Waals surface area (Å²) in [6, 6.07) is 6.95. The van der Waals surface area contributed by atoms with Crippen LogP contribution in [0.3, 0.4) is 0 Å². The Balaban J connectivity index is 2.04.